The van der Waals surface area contributed by atoms with E-state index in [-0.39, 0.29) is 0 Å². The number of tetrazole rings is 1. The van der Waals surface area contributed by atoms with Gasteiger partial charge in [0.05, 0.1) is 11.4 Å². The predicted molar refractivity (Wildman–Crippen MR) is 103 cm³/mol. The lowest BCUT2D eigenvalue weighted by atomic mass is 10.1. The van der Waals surface area contributed by atoms with Gasteiger partial charge in [0.1, 0.15) is 0 Å². The second kappa shape index (κ2) is 7.50. The molecule has 27 heavy (non-hydrogen) atoms. The maximum Gasteiger partial charge on any atom is 0.257 e. The minimum Gasteiger partial charge on any atom is -0.334 e. The molecule has 0 aliphatic carbocycles. The average molecular weight is 399 g/mol. The second-order valence-corrected chi connectivity index (χ2v) is 7.30. The highest BCUT2D eigenvalue weighted by Gasteiger charge is 2.15. The summed E-state index contributed by atoms with van der Waals surface area (Å²) in [4.78, 5) is 4.43. The maximum atomic E-state index is 5.91. The van der Waals surface area contributed by atoms with Gasteiger partial charge in [0.2, 0.25) is 5.16 Å². The largest absolute Gasteiger partial charge is 0.334 e. The molecule has 9 heteroatoms. The SMILES string of the molecule is Cc1cccc(C)c1-n1nnnc1SCc1noc(-c2ccc(Cl)cc2)n1. The van der Waals surface area contributed by atoms with E-state index < -0.39 is 0 Å². The summed E-state index contributed by atoms with van der Waals surface area (Å²) in [7, 11) is 0. The molecule has 0 amide bonds. The highest BCUT2D eigenvalue weighted by Crippen LogP contribution is 2.26. The number of thioether (sulfide) groups is 1. The number of hydrogen-bond donors (Lipinski definition) is 0. The Morgan fingerprint density at radius 3 is 2.56 bits per heavy atom. The maximum absolute atomic E-state index is 5.91. The third-order valence-corrected chi connectivity index (χ3v) is 5.15. The Morgan fingerprint density at radius 2 is 1.81 bits per heavy atom. The molecule has 0 spiro atoms. The van der Waals surface area contributed by atoms with Crippen molar-refractivity contribution in [2.24, 2.45) is 0 Å². The number of aryl methyl sites for hydroxylation is 2. The van der Waals surface area contributed by atoms with E-state index in [1.165, 1.54) is 11.8 Å². The summed E-state index contributed by atoms with van der Waals surface area (Å²) >= 11 is 7.36. The standard InChI is InChI=1S/C18H15ClN6OS/c1-11-4-3-5-12(2)16(11)25-18(21-23-24-25)27-10-15-20-17(26-22-15)13-6-8-14(19)9-7-13/h3-9H,10H2,1-2H3. The first-order chi connectivity index (χ1) is 13.1. The van der Waals surface area contributed by atoms with Crippen LogP contribution in [0, 0.1) is 13.8 Å². The second-order valence-electron chi connectivity index (χ2n) is 5.93. The van der Waals surface area contributed by atoms with Crippen LogP contribution in [0.3, 0.4) is 0 Å². The number of halogens is 1. The fraction of sp³-hybridized carbons (Fsp3) is 0.167. The van der Waals surface area contributed by atoms with Gasteiger partial charge in [-0.05, 0) is 59.7 Å². The van der Waals surface area contributed by atoms with Crippen LogP contribution in [0.5, 0.6) is 0 Å². The molecule has 0 atom stereocenters. The van der Waals surface area contributed by atoms with E-state index in [9.17, 15) is 0 Å². The molecule has 0 unspecified atom stereocenters. The van der Waals surface area contributed by atoms with Gasteiger partial charge in [0, 0.05) is 10.6 Å². The molecule has 4 aromatic rings. The van der Waals surface area contributed by atoms with E-state index in [1.807, 2.05) is 44.2 Å². The molecular formula is C18H15ClN6OS. The van der Waals surface area contributed by atoms with Crippen molar-refractivity contribution in [2.45, 2.75) is 24.8 Å². The molecule has 0 N–H and O–H groups in total. The van der Waals surface area contributed by atoms with Crippen LogP contribution >= 0.6 is 23.4 Å². The van der Waals surface area contributed by atoms with Gasteiger partial charge in [0.25, 0.3) is 5.89 Å². The van der Waals surface area contributed by atoms with E-state index in [4.69, 9.17) is 16.1 Å². The fourth-order valence-corrected chi connectivity index (χ4v) is 3.55. The van der Waals surface area contributed by atoms with Gasteiger partial charge in [0.15, 0.2) is 5.82 Å². The van der Waals surface area contributed by atoms with Gasteiger partial charge >= 0.3 is 0 Å². The zero-order valence-corrected chi connectivity index (χ0v) is 16.2. The van der Waals surface area contributed by atoms with Crippen LogP contribution in [-0.4, -0.2) is 30.3 Å². The van der Waals surface area contributed by atoms with Crippen molar-refractivity contribution in [1.29, 1.82) is 0 Å². The molecule has 2 aromatic heterocycles. The van der Waals surface area contributed by atoms with Gasteiger partial charge in [-0.2, -0.15) is 9.67 Å². The number of para-hydroxylation sites is 1. The lowest BCUT2D eigenvalue weighted by Gasteiger charge is -2.09. The van der Waals surface area contributed by atoms with Crippen LogP contribution in [0.2, 0.25) is 5.02 Å². The number of aromatic nitrogens is 6. The molecule has 4 rings (SSSR count). The summed E-state index contributed by atoms with van der Waals surface area (Å²) in [5.41, 5.74) is 4.02. The third kappa shape index (κ3) is 3.72. The van der Waals surface area contributed by atoms with Crippen molar-refractivity contribution in [3.05, 3.63) is 64.4 Å². The Balaban J connectivity index is 1.52. The van der Waals surface area contributed by atoms with E-state index in [0.29, 0.717) is 27.6 Å². The first-order valence-electron chi connectivity index (χ1n) is 8.18. The van der Waals surface area contributed by atoms with E-state index in [1.54, 1.807) is 16.8 Å². The first kappa shape index (κ1) is 17.7. The van der Waals surface area contributed by atoms with Gasteiger partial charge in [-0.1, -0.05) is 46.7 Å². The zero-order chi connectivity index (χ0) is 18.8. The molecular weight excluding hydrogens is 384 g/mol. The highest BCUT2D eigenvalue weighted by atomic mass is 35.5. The topological polar surface area (TPSA) is 82.5 Å². The highest BCUT2D eigenvalue weighted by molar-refractivity contribution is 7.98. The summed E-state index contributed by atoms with van der Waals surface area (Å²) < 4.78 is 7.08. The van der Waals surface area contributed by atoms with E-state index >= 15 is 0 Å². The Labute approximate surface area is 164 Å². The van der Waals surface area contributed by atoms with Crippen LogP contribution in [-0.2, 0) is 5.75 Å². The lowest BCUT2D eigenvalue weighted by Crippen LogP contribution is -2.04. The molecule has 7 nitrogen and oxygen atoms in total. The summed E-state index contributed by atoms with van der Waals surface area (Å²) in [6.07, 6.45) is 0. The fourth-order valence-electron chi connectivity index (χ4n) is 2.70. The molecule has 136 valence electrons. The quantitative estimate of drug-likeness (QED) is 0.464. The summed E-state index contributed by atoms with van der Waals surface area (Å²) in [5.74, 6) is 1.51. The molecule has 0 radical (unpaired) electrons. The summed E-state index contributed by atoms with van der Waals surface area (Å²) in [6.45, 7) is 4.08. The number of benzene rings is 2. The van der Waals surface area contributed by atoms with Crippen molar-refractivity contribution in [1.82, 2.24) is 30.3 Å². The van der Waals surface area contributed by atoms with Gasteiger partial charge in [-0.3, -0.25) is 0 Å². The minimum absolute atomic E-state index is 0.455. The van der Waals surface area contributed by atoms with Crippen LogP contribution in [0.4, 0.5) is 0 Å². The molecule has 0 saturated carbocycles. The van der Waals surface area contributed by atoms with Gasteiger partial charge in [-0.25, -0.2) is 0 Å². The monoisotopic (exact) mass is 398 g/mol. The molecule has 0 fully saturated rings. The van der Waals surface area contributed by atoms with Crippen molar-refractivity contribution in [3.63, 3.8) is 0 Å². The molecule has 0 aliphatic heterocycles. The van der Waals surface area contributed by atoms with Crippen molar-refractivity contribution in [3.8, 4) is 17.1 Å². The Bertz CT molecular complexity index is 1060. The van der Waals surface area contributed by atoms with Crippen LogP contribution in [0.15, 0.2) is 52.1 Å². The van der Waals surface area contributed by atoms with Crippen molar-refractivity contribution < 1.29 is 4.52 Å². The molecule has 2 heterocycles. The number of rotatable bonds is 5. The number of nitrogens with zero attached hydrogens (tertiary/aromatic N) is 6. The van der Waals surface area contributed by atoms with Crippen LogP contribution in [0.25, 0.3) is 17.1 Å². The zero-order valence-electron chi connectivity index (χ0n) is 14.6. The predicted octanol–water partition coefficient (Wildman–Crippen LogP) is 4.27. The minimum atomic E-state index is 0.455. The van der Waals surface area contributed by atoms with Crippen molar-refractivity contribution >= 4 is 23.4 Å². The lowest BCUT2D eigenvalue weighted by molar-refractivity contribution is 0.425. The first-order valence-corrected chi connectivity index (χ1v) is 9.54. The Hall–Kier alpha value is -2.71. The Morgan fingerprint density at radius 1 is 1.07 bits per heavy atom. The summed E-state index contributed by atoms with van der Waals surface area (Å²) in [5, 5.41) is 17.5. The smallest absolute Gasteiger partial charge is 0.257 e. The molecule has 0 bridgehead atoms. The average Bonchev–Trinajstić information content (AvgIpc) is 3.30. The van der Waals surface area contributed by atoms with E-state index in [2.05, 4.69) is 25.7 Å². The number of hydrogen-bond acceptors (Lipinski definition) is 7. The Kier molecular flexibility index (Phi) is 4.91. The molecule has 2 aromatic carbocycles. The third-order valence-electron chi connectivity index (χ3n) is 3.98. The van der Waals surface area contributed by atoms with Gasteiger partial charge < -0.3 is 4.52 Å². The normalized spacial score (nSPS) is 11.1. The summed E-state index contributed by atoms with van der Waals surface area (Å²) in [6, 6.07) is 13.3. The van der Waals surface area contributed by atoms with Gasteiger partial charge in [-0.15, -0.1) is 5.10 Å². The van der Waals surface area contributed by atoms with Crippen LogP contribution < -0.4 is 0 Å². The van der Waals surface area contributed by atoms with E-state index in [0.717, 1.165) is 22.4 Å². The molecule has 0 aliphatic rings. The molecule has 0 saturated heterocycles. The van der Waals surface area contributed by atoms with Crippen LogP contribution in [0.1, 0.15) is 17.0 Å². The van der Waals surface area contributed by atoms with Crippen molar-refractivity contribution in [2.75, 3.05) is 0 Å².